The van der Waals surface area contributed by atoms with Gasteiger partial charge in [0.15, 0.2) is 0 Å². The lowest BCUT2D eigenvalue weighted by molar-refractivity contribution is -0.117. The first-order chi connectivity index (χ1) is 14.8. The lowest BCUT2D eigenvalue weighted by atomic mass is 9.64. The second kappa shape index (κ2) is 9.83. The van der Waals surface area contributed by atoms with Gasteiger partial charge in [-0.15, -0.1) is 0 Å². The van der Waals surface area contributed by atoms with E-state index in [0.717, 1.165) is 60.2 Å². The number of carbonyl (C=O) groups is 2. The van der Waals surface area contributed by atoms with Crippen LogP contribution in [-0.2, 0) is 4.79 Å². The zero-order valence-corrected chi connectivity index (χ0v) is 19.6. The van der Waals surface area contributed by atoms with Crippen LogP contribution in [0, 0.1) is 16.7 Å². The first-order valence-corrected chi connectivity index (χ1v) is 12.2. The first-order valence-electron chi connectivity index (χ1n) is 10.3. The Labute approximate surface area is 191 Å². The van der Waals surface area contributed by atoms with Gasteiger partial charge in [-0.3, -0.25) is 10.1 Å². The summed E-state index contributed by atoms with van der Waals surface area (Å²) in [6, 6.07) is 1.77. The average Bonchev–Trinajstić information content (AvgIpc) is 3.11. The highest BCUT2D eigenvalue weighted by Gasteiger charge is 2.47. The van der Waals surface area contributed by atoms with Gasteiger partial charge in [0, 0.05) is 22.7 Å². The molecule has 3 rings (SSSR count). The summed E-state index contributed by atoms with van der Waals surface area (Å²) in [5.41, 5.74) is 8.45. The van der Waals surface area contributed by atoms with Crippen LogP contribution in [0.1, 0.15) is 52.9 Å². The van der Waals surface area contributed by atoms with Gasteiger partial charge in [-0.2, -0.15) is 5.26 Å². The third-order valence-electron chi connectivity index (χ3n) is 5.37. The van der Waals surface area contributed by atoms with E-state index >= 15 is 0 Å². The fourth-order valence-electron chi connectivity index (χ4n) is 4.15. The summed E-state index contributed by atoms with van der Waals surface area (Å²) < 4.78 is 0. The third kappa shape index (κ3) is 5.10. The molecule has 8 nitrogen and oxygen atoms in total. The van der Waals surface area contributed by atoms with Gasteiger partial charge in [-0.1, -0.05) is 42.8 Å². The number of hydrogen-bond acceptors (Lipinski definition) is 8. The van der Waals surface area contributed by atoms with Crippen molar-refractivity contribution < 1.29 is 9.59 Å². The minimum atomic E-state index is -0.537. The van der Waals surface area contributed by atoms with E-state index in [-0.39, 0.29) is 11.8 Å². The van der Waals surface area contributed by atoms with Gasteiger partial charge >= 0.3 is 6.03 Å². The van der Waals surface area contributed by atoms with Crippen LogP contribution in [0.15, 0.2) is 37.3 Å². The molecule has 1 fully saturated rings. The summed E-state index contributed by atoms with van der Waals surface area (Å²) in [4.78, 5) is 28.5. The fraction of sp³-hybridized carbons (Fsp3) is 0.524. The molecule has 5 N–H and O–H groups in total. The predicted octanol–water partition coefficient (Wildman–Crippen LogP) is 3.42. The fourth-order valence-corrected chi connectivity index (χ4v) is 6.03. The molecule has 2 heterocycles. The molecule has 1 saturated carbocycles. The lowest BCUT2D eigenvalue weighted by Crippen LogP contribution is -2.43. The number of hydrogen-bond donors (Lipinski definition) is 4. The van der Waals surface area contributed by atoms with Crippen LogP contribution in [0.5, 0.6) is 0 Å². The Morgan fingerprint density at radius 2 is 2.10 bits per heavy atom. The first kappa shape index (κ1) is 23.3. The van der Waals surface area contributed by atoms with Crippen LogP contribution >= 0.6 is 23.5 Å². The number of aliphatic imine (C=N–C) groups is 1. The van der Waals surface area contributed by atoms with E-state index in [4.69, 9.17) is 5.73 Å². The molecule has 3 aliphatic rings. The summed E-state index contributed by atoms with van der Waals surface area (Å²) in [5.74, 6) is -0.0887. The summed E-state index contributed by atoms with van der Waals surface area (Å²) >= 11 is 2.72. The monoisotopic (exact) mass is 460 g/mol. The molecule has 166 valence electrons. The molecule has 0 aromatic heterocycles. The van der Waals surface area contributed by atoms with Crippen molar-refractivity contribution in [1.82, 2.24) is 16.0 Å². The SMILES string of the molecule is CC1=CS/C(=C2\C(N)=NC(SCC(=O)NC(=O)NC(C)C)=C(C#N)C23CCCCC3)N1. The van der Waals surface area contributed by atoms with Crippen molar-refractivity contribution in [2.75, 3.05) is 5.75 Å². The molecule has 10 heteroatoms. The largest absolute Gasteiger partial charge is 0.383 e. The van der Waals surface area contributed by atoms with Gasteiger partial charge in [-0.05, 0) is 39.0 Å². The topological polar surface area (TPSA) is 132 Å². The molecular formula is C21H28N6O2S2. The zero-order chi connectivity index (χ0) is 22.6. The molecule has 1 spiro atoms. The van der Waals surface area contributed by atoms with E-state index in [0.29, 0.717) is 16.4 Å². The maximum absolute atomic E-state index is 12.2. The Bertz CT molecular complexity index is 936. The maximum atomic E-state index is 12.2. The summed E-state index contributed by atoms with van der Waals surface area (Å²) in [5, 5.41) is 21.8. The van der Waals surface area contributed by atoms with Crippen molar-refractivity contribution in [2.24, 2.45) is 16.1 Å². The summed E-state index contributed by atoms with van der Waals surface area (Å²) in [7, 11) is 0. The van der Waals surface area contributed by atoms with Crippen LogP contribution in [-0.4, -0.2) is 29.6 Å². The molecule has 3 amide bonds. The molecule has 1 aliphatic carbocycles. The number of carbonyl (C=O) groups excluding carboxylic acids is 2. The highest BCUT2D eigenvalue weighted by molar-refractivity contribution is 8.06. The Morgan fingerprint density at radius 1 is 1.39 bits per heavy atom. The van der Waals surface area contributed by atoms with E-state index in [9.17, 15) is 14.9 Å². The highest BCUT2D eigenvalue weighted by Crippen LogP contribution is 2.54. The molecule has 31 heavy (non-hydrogen) atoms. The predicted molar refractivity (Wildman–Crippen MR) is 126 cm³/mol. The van der Waals surface area contributed by atoms with Crippen molar-refractivity contribution >= 4 is 41.3 Å². The van der Waals surface area contributed by atoms with Crippen LogP contribution in [0.3, 0.4) is 0 Å². The Morgan fingerprint density at radius 3 is 2.68 bits per heavy atom. The molecule has 0 bridgehead atoms. The van der Waals surface area contributed by atoms with E-state index in [2.05, 4.69) is 27.0 Å². The third-order valence-corrected chi connectivity index (χ3v) is 7.36. The molecule has 0 saturated heterocycles. The molecule has 0 atom stereocenters. The Kier molecular flexibility index (Phi) is 7.38. The normalized spacial score (nSPS) is 22.5. The second-order valence-corrected chi connectivity index (χ2v) is 9.99. The number of allylic oxidation sites excluding steroid dienone is 2. The number of amidine groups is 1. The number of imide groups is 1. The number of amides is 3. The number of nitrogens with two attached hydrogens (primary N) is 1. The molecule has 0 aromatic rings. The van der Waals surface area contributed by atoms with E-state index in [1.807, 2.05) is 26.2 Å². The molecular weight excluding hydrogens is 432 g/mol. The quantitative estimate of drug-likeness (QED) is 0.505. The van der Waals surface area contributed by atoms with Crippen molar-refractivity contribution in [3.8, 4) is 6.07 Å². The maximum Gasteiger partial charge on any atom is 0.321 e. The van der Waals surface area contributed by atoms with Crippen LogP contribution in [0.2, 0.25) is 0 Å². The molecule has 0 aromatic carbocycles. The molecule has 0 radical (unpaired) electrons. The highest BCUT2D eigenvalue weighted by atomic mass is 32.2. The van der Waals surface area contributed by atoms with Crippen LogP contribution < -0.4 is 21.7 Å². The van der Waals surface area contributed by atoms with E-state index in [1.165, 1.54) is 0 Å². The lowest BCUT2D eigenvalue weighted by Gasteiger charge is -2.42. The van der Waals surface area contributed by atoms with Gasteiger partial charge < -0.3 is 16.4 Å². The van der Waals surface area contributed by atoms with Gasteiger partial charge in [0.2, 0.25) is 5.91 Å². The van der Waals surface area contributed by atoms with Gasteiger partial charge in [0.05, 0.1) is 22.4 Å². The van der Waals surface area contributed by atoms with Crippen molar-refractivity contribution in [1.29, 1.82) is 5.26 Å². The van der Waals surface area contributed by atoms with Gasteiger partial charge in [-0.25, -0.2) is 9.79 Å². The van der Waals surface area contributed by atoms with Crippen molar-refractivity contribution in [3.05, 3.63) is 32.3 Å². The van der Waals surface area contributed by atoms with E-state index < -0.39 is 17.4 Å². The molecule has 2 aliphatic heterocycles. The van der Waals surface area contributed by atoms with Crippen molar-refractivity contribution in [2.45, 2.75) is 58.9 Å². The number of urea groups is 1. The number of rotatable bonds is 4. The second-order valence-electron chi connectivity index (χ2n) is 8.14. The van der Waals surface area contributed by atoms with Gasteiger partial charge in [0.1, 0.15) is 10.9 Å². The number of nitrogens with one attached hydrogen (secondary N) is 3. The number of nitriles is 1. The Balaban J connectivity index is 1.88. The zero-order valence-electron chi connectivity index (χ0n) is 18.0. The minimum absolute atomic E-state index is 0.0293. The smallest absolute Gasteiger partial charge is 0.321 e. The average molecular weight is 461 g/mol. The standard InChI is InChI=1S/C21H28N6O2S2/c1-12(2)24-20(29)26-15(28)11-31-18-14(9-22)21(7-5-4-6-8-21)16(17(23)27-18)19-25-13(3)10-30-19/h10,12,25H,4-8,11H2,1-3H3,(H2,23,27)(H2,24,26,28,29)/b19-16+. The summed E-state index contributed by atoms with van der Waals surface area (Å²) in [6.07, 6.45) is 4.76. The van der Waals surface area contributed by atoms with Crippen LogP contribution in [0.4, 0.5) is 4.79 Å². The van der Waals surface area contributed by atoms with Gasteiger partial charge in [0.25, 0.3) is 0 Å². The number of nitrogens with zero attached hydrogens (tertiary/aromatic N) is 2. The van der Waals surface area contributed by atoms with E-state index in [1.54, 1.807) is 11.8 Å². The Hall–Kier alpha value is -2.38. The minimum Gasteiger partial charge on any atom is -0.383 e. The summed E-state index contributed by atoms with van der Waals surface area (Å²) in [6.45, 7) is 5.61. The molecule has 0 unspecified atom stereocenters. The number of thioether (sulfide) groups is 2. The van der Waals surface area contributed by atoms with Crippen LogP contribution in [0.25, 0.3) is 0 Å². The van der Waals surface area contributed by atoms with Crippen molar-refractivity contribution in [3.63, 3.8) is 0 Å².